The second-order valence-electron chi connectivity index (χ2n) is 7.72. The summed E-state index contributed by atoms with van der Waals surface area (Å²) in [6.07, 6.45) is 1.63. The van der Waals surface area contributed by atoms with Gasteiger partial charge >= 0.3 is 0 Å². The third-order valence-corrected chi connectivity index (χ3v) is 6.05. The zero-order valence-electron chi connectivity index (χ0n) is 18.0. The van der Waals surface area contributed by atoms with Gasteiger partial charge in [0.25, 0.3) is 0 Å². The number of anilines is 3. The number of hydrogen-bond acceptors (Lipinski definition) is 9. The number of thiazole rings is 1. The van der Waals surface area contributed by atoms with E-state index in [1.165, 1.54) is 5.56 Å². The maximum Gasteiger partial charge on any atom is 0.227 e. The van der Waals surface area contributed by atoms with Gasteiger partial charge in [0.05, 0.1) is 5.69 Å². The fraction of sp³-hybridized carbons (Fsp3) is 0.318. The zero-order valence-corrected chi connectivity index (χ0v) is 18.8. The summed E-state index contributed by atoms with van der Waals surface area (Å²) in [6.45, 7) is 7.73. The smallest absolute Gasteiger partial charge is 0.227 e. The minimum atomic E-state index is 0.135. The minimum Gasteiger partial charge on any atom is -0.375 e. The lowest BCUT2D eigenvalue weighted by Crippen LogP contribution is -2.47. The molecule has 10 heteroatoms. The Kier molecular flexibility index (Phi) is 6.30. The molecule has 164 valence electrons. The normalized spacial score (nSPS) is 14.2. The molecule has 0 unspecified atom stereocenters. The van der Waals surface area contributed by atoms with E-state index in [0.717, 1.165) is 55.3 Å². The van der Waals surface area contributed by atoms with Crippen LogP contribution in [-0.2, 0) is 11.3 Å². The van der Waals surface area contributed by atoms with Gasteiger partial charge in [-0.05, 0) is 36.2 Å². The highest BCUT2D eigenvalue weighted by Crippen LogP contribution is 2.28. The first kappa shape index (κ1) is 21.7. The van der Waals surface area contributed by atoms with Crippen LogP contribution in [0.15, 0.2) is 30.5 Å². The Morgan fingerprint density at radius 1 is 1.25 bits per heavy atom. The lowest BCUT2D eigenvalue weighted by atomic mass is 10.1. The van der Waals surface area contributed by atoms with Crippen LogP contribution in [0.3, 0.4) is 0 Å². The second kappa shape index (κ2) is 9.30. The fourth-order valence-corrected chi connectivity index (χ4v) is 4.41. The number of amides is 1. The van der Waals surface area contributed by atoms with Crippen LogP contribution in [0.25, 0.3) is 11.4 Å². The zero-order chi connectivity index (χ0) is 22.7. The van der Waals surface area contributed by atoms with Crippen LogP contribution in [0.5, 0.6) is 0 Å². The Hall–Kier alpha value is -3.55. The molecule has 1 aliphatic heterocycles. The molecule has 9 nitrogen and oxygen atoms in total. The maximum atomic E-state index is 11.5. The van der Waals surface area contributed by atoms with E-state index in [1.54, 1.807) is 19.2 Å². The Morgan fingerprint density at radius 3 is 2.75 bits per heavy atom. The van der Waals surface area contributed by atoms with Crippen molar-refractivity contribution in [3.63, 3.8) is 0 Å². The van der Waals surface area contributed by atoms with Crippen LogP contribution >= 0.6 is 11.3 Å². The number of aryl methyl sites for hydroxylation is 1. The summed E-state index contributed by atoms with van der Waals surface area (Å²) in [5.74, 6) is 0.556. The van der Waals surface area contributed by atoms with Crippen LogP contribution in [-0.4, -0.2) is 56.8 Å². The van der Waals surface area contributed by atoms with Crippen molar-refractivity contribution in [1.82, 2.24) is 24.8 Å². The Bertz CT molecular complexity index is 1180. The van der Waals surface area contributed by atoms with Gasteiger partial charge in [-0.3, -0.25) is 9.69 Å². The van der Waals surface area contributed by atoms with Crippen molar-refractivity contribution in [2.75, 3.05) is 37.2 Å². The number of nitrogens with one attached hydrogen (secondary N) is 1. The molecular weight excluding hydrogens is 424 g/mol. The van der Waals surface area contributed by atoms with E-state index >= 15 is 0 Å². The molecule has 0 spiro atoms. The lowest BCUT2D eigenvalue weighted by Gasteiger charge is -2.34. The summed E-state index contributed by atoms with van der Waals surface area (Å²) >= 11 is 1.14. The molecule has 1 amide bonds. The molecule has 4 rings (SSSR count). The van der Waals surface area contributed by atoms with Crippen molar-refractivity contribution in [2.45, 2.75) is 20.4 Å². The van der Waals surface area contributed by atoms with Gasteiger partial charge < -0.3 is 16.0 Å². The Morgan fingerprint density at radius 2 is 2.03 bits per heavy atom. The van der Waals surface area contributed by atoms with Gasteiger partial charge in [0.15, 0.2) is 5.13 Å². The number of carbonyl (C=O) groups excluding carboxylic acids is 1. The molecule has 1 aromatic carbocycles. The van der Waals surface area contributed by atoms with E-state index in [9.17, 15) is 10.1 Å². The SMILES string of the molecule is CC(=O)N1CCN(Cc2cc(C)cc(Nc3nccc(-c4nc(N)sc4C#N)n3)c2)CC1. The van der Waals surface area contributed by atoms with E-state index < -0.39 is 0 Å². The highest BCUT2D eigenvalue weighted by molar-refractivity contribution is 7.16. The first-order valence-corrected chi connectivity index (χ1v) is 11.1. The first-order chi connectivity index (χ1) is 15.4. The molecule has 0 aliphatic carbocycles. The molecule has 0 radical (unpaired) electrons. The van der Waals surface area contributed by atoms with Gasteiger partial charge in [0, 0.05) is 51.5 Å². The third-order valence-electron chi connectivity index (χ3n) is 5.26. The molecule has 0 atom stereocenters. The highest BCUT2D eigenvalue weighted by Gasteiger charge is 2.19. The fourth-order valence-electron chi connectivity index (χ4n) is 3.77. The second-order valence-corrected chi connectivity index (χ2v) is 8.75. The van der Waals surface area contributed by atoms with Crippen LogP contribution in [0, 0.1) is 18.3 Å². The number of rotatable bonds is 5. The predicted molar refractivity (Wildman–Crippen MR) is 124 cm³/mol. The summed E-state index contributed by atoms with van der Waals surface area (Å²) in [4.78, 5) is 29.3. The molecule has 0 bridgehead atoms. The topological polar surface area (TPSA) is 124 Å². The number of hydrogen-bond donors (Lipinski definition) is 2. The summed E-state index contributed by atoms with van der Waals surface area (Å²) < 4.78 is 0. The largest absolute Gasteiger partial charge is 0.375 e. The van der Waals surface area contributed by atoms with Crippen LogP contribution in [0.1, 0.15) is 22.9 Å². The molecule has 3 aromatic rings. The third kappa shape index (κ3) is 5.01. The van der Waals surface area contributed by atoms with E-state index in [0.29, 0.717) is 27.3 Å². The van der Waals surface area contributed by atoms with E-state index in [-0.39, 0.29) is 5.91 Å². The number of nitrogens with zero attached hydrogens (tertiary/aromatic N) is 6. The predicted octanol–water partition coefficient (Wildman–Crippen LogP) is 2.77. The van der Waals surface area contributed by atoms with Crippen LogP contribution < -0.4 is 11.1 Å². The standard InChI is InChI=1S/C22H24N8OS/c1-14-9-16(13-29-5-7-30(8-6-29)15(2)31)11-17(10-14)26-22-25-4-3-18(27-22)20-19(12-23)32-21(24)28-20/h3-4,9-11H,5-8,13H2,1-2H3,(H2,24,28)(H,25,26,27). The number of nitriles is 1. The number of nitrogen functional groups attached to an aromatic ring is 1. The molecule has 2 aromatic heterocycles. The van der Waals surface area contributed by atoms with Crippen molar-refractivity contribution in [1.29, 1.82) is 5.26 Å². The first-order valence-electron chi connectivity index (χ1n) is 10.3. The lowest BCUT2D eigenvalue weighted by molar-refractivity contribution is -0.130. The van der Waals surface area contributed by atoms with Crippen molar-refractivity contribution >= 4 is 34.0 Å². The summed E-state index contributed by atoms with van der Waals surface area (Å²) in [5.41, 5.74) is 9.97. The van der Waals surface area contributed by atoms with Crippen LogP contribution in [0.2, 0.25) is 0 Å². The Balaban J connectivity index is 1.49. The van der Waals surface area contributed by atoms with Crippen molar-refractivity contribution < 1.29 is 4.79 Å². The summed E-state index contributed by atoms with van der Waals surface area (Å²) in [6, 6.07) is 10.1. The number of piperazine rings is 1. The minimum absolute atomic E-state index is 0.135. The number of aromatic nitrogens is 3. The van der Waals surface area contributed by atoms with Gasteiger partial charge in [-0.25, -0.2) is 15.0 Å². The van der Waals surface area contributed by atoms with Gasteiger partial charge in [-0.2, -0.15) is 5.26 Å². The van der Waals surface area contributed by atoms with E-state index in [1.807, 2.05) is 11.0 Å². The maximum absolute atomic E-state index is 11.5. The van der Waals surface area contributed by atoms with Crippen molar-refractivity contribution in [3.8, 4) is 17.5 Å². The van der Waals surface area contributed by atoms with E-state index in [4.69, 9.17) is 5.73 Å². The van der Waals surface area contributed by atoms with Crippen molar-refractivity contribution in [2.24, 2.45) is 0 Å². The molecule has 32 heavy (non-hydrogen) atoms. The average molecular weight is 449 g/mol. The quantitative estimate of drug-likeness (QED) is 0.611. The molecule has 1 saturated heterocycles. The Labute approximate surface area is 190 Å². The van der Waals surface area contributed by atoms with Crippen LogP contribution in [0.4, 0.5) is 16.8 Å². The number of benzene rings is 1. The molecular formula is C22H24N8OS. The summed E-state index contributed by atoms with van der Waals surface area (Å²) in [7, 11) is 0. The monoisotopic (exact) mass is 448 g/mol. The van der Waals surface area contributed by atoms with Gasteiger partial charge in [-0.15, -0.1) is 0 Å². The summed E-state index contributed by atoms with van der Waals surface area (Å²) in [5, 5.41) is 12.9. The highest BCUT2D eigenvalue weighted by atomic mass is 32.1. The van der Waals surface area contributed by atoms with Gasteiger partial charge in [0.1, 0.15) is 16.6 Å². The molecule has 3 heterocycles. The average Bonchev–Trinajstić information content (AvgIpc) is 3.15. The molecule has 3 N–H and O–H groups in total. The number of nitrogens with two attached hydrogens (primary N) is 1. The molecule has 1 fully saturated rings. The number of carbonyl (C=O) groups is 1. The van der Waals surface area contributed by atoms with Gasteiger partial charge in [-0.1, -0.05) is 17.4 Å². The van der Waals surface area contributed by atoms with Gasteiger partial charge in [0.2, 0.25) is 11.9 Å². The molecule has 0 saturated carbocycles. The molecule has 1 aliphatic rings. The van der Waals surface area contributed by atoms with Crippen molar-refractivity contribution in [3.05, 3.63) is 46.5 Å². The van der Waals surface area contributed by atoms with E-state index in [2.05, 4.69) is 50.3 Å².